The van der Waals surface area contributed by atoms with Gasteiger partial charge in [0.15, 0.2) is 0 Å². The third-order valence-electron chi connectivity index (χ3n) is 2.82. The Labute approximate surface area is 96.4 Å². The van der Waals surface area contributed by atoms with Crippen LogP contribution in [0.15, 0.2) is 18.2 Å². The van der Waals surface area contributed by atoms with Gasteiger partial charge in [-0.1, -0.05) is 6.07 Å². The van der Waals surface area contributed by atoms with Crippen molar-refractivity contribution in [3.63, 3.8) is 0 Å². The highest BCUT2D eigenvalue weighted by molar-refractivity contribution is 5.09. The molecule has 2 rings (SSSR count). The molecule has 0 bridgehead atoms. The van der Waals surface area contributed by atoms with Gasteiger partial charge in [-0.25, -0.2) is 0 Å². The number of hydrogen-bond acceptors (Lipinski definition) is 4. The van der Waals surface area contributed by atoms with Crippen molar-refractivity contribution in [2.24, 2.45) is 5.73 Å². The number of aromatic nitrogens is 1. The second kappa shape index (κ2) is 5.39. The smallest absolute Gasteiger partial charge is 0.0824 e. The molecule has 16 heavy (non-hydrogen) atoms. The van der Waals surface area contributed by atoms with Crippen LogP contribution >= 0.6 is 0 Å². The third kappa shape index (κ3) is 3.01. The van der Waals surface area contributed by atoms with Crippen molar-refractivity contribution in [1.82, 2.24) is 9.88 Å². The molecular formula is C12H19N3O. The van der Waals surface area contributed by atoms with Crippen LogP contribution in [0.25, 0.3) is 0 Å². The van der Waals surface area contributed by atoms with Gasteiger partial charge in [-0.05, 0) is 19.1 Å². The fourth-order valence-corrected chi connectivity index (χ4v) is 1.98. The van der Waals surface area contributed by atoms with E-state index in [2.05, 4.69) is 22.0 Å². The van der Waals surface area contributed by atoms with Gasteiger partial charge in [0.05, 0.1) is 18.4 Å². The maximum absolute atomic E-state index is 5.62. The Morgan fingerprint density at radius 3 is 3.19 bits per heavy atom. The predicted molar refractivity (Wildman–Crippen MR) is 63.0 cm³/mol. The molecule has 0 aliphatic carbocycles. The van der Waals surface area contributed by atoms with Crippen LogP contribution in [-0.4, -0.2) is 42.2 Å². The number of pyridine rings is 1. The molecule has 0 radical (unpaired) electrons. The van der Waals surface area contributed by atoms with E-state index in [0.717, 1.165) is 37.6 Å². The summed E-state index contributed by atoms with van der Waals surface area (Å²) < 4.78 is 5.53. The second-order valence-corrected chi connectivity index (χ2v) is 4.23. The van der Waals surface area contributed by atoms with Crippen LogP contribution in [0.4, 0.5) is 0 Å². The van der Waals surface area contributed by atoms with E-state index >= 15 is 0 Å². The van der Waals surface area contributed by atoms with Gasteiger partial charge in [-0.3, -0.25) is 9.88 Å². The standard InChI is InChI=1S/C12H19N3O/c1-10-3-2-4-11(14-10)8-15-5-6-16-12(7-13)9-15/h2-4,12H,5-9,13H2,1H3. The Balaban J connectivity index is 1.94. The van der Waals surface area contributed by atoms with Gasteiger partial charge < -0.3 is 10.5 Å². The highest BCUT2D eigenvalue weighted by atomic mass is 16.5. The summed E-state index contributed by atoms with van der Waals surface area (Å²) in [5.74, 6) is 0. The summed E-state index contributed by atoms with van der Waals surface area (Å²) in [6.07, 6.45) is 0.179. The molecule has 0 spiro atoms. The van der Waals surface area contributed by atoms with Gasteiger partial charge in [0, 0.05) is 31.9 Å². The monoisotopic (exact) mass is 221 g/mol. The van der Waals surface area contributed by atoms with E-state index in [9.17, 15) is 0 Å². The van der Waals surface area contributed by atoms with E-state index in [-0.39, 0.29) is 6.10 Å². The number of rotatable bonds is 3. The molecule has 0 saturated carbocycles. The average Bonchev–Trinajstić information content (AvgIpc) is 2.29. The van der Waals surface area contributed by atoms with Gasteiger partial charge >= 0.3 is 0 Å². The van der Waals surface area contributed by atoms with E-state index in [0.29, 0.717) is 6.54 Å². The zero-order valence-corrected chi connectivity index (χ0v) is 9.72. The molecule has 2 heterocycles. The van der Waals surface area contributed by atoms with Crippen LogP contribution in [0.5, 0.6) is 0 Å². The molecule has 4 heteroatoms. The number of aryl methyl sites for hydroxylation is 1. The zero-order chi connectivity index (χ0) is 11.4. The number of hydrogen-bond donors (Lipinski definition) is 1. The molecule has 1 aromatic heterocycles. The highest BCUT2D eigenvalue weighted by Crippen LogP contribution is 2.08. The minimum absolute atomic E-state index is 0.179. The van der Waals surface area contributed by atoms with E-state index in [1.54, 1.807) is 0 Å². The molecule has 1 atom stereocenters. The number of ether oxygens (including phenoxy) is 1. The fraction of sp³-hybridized carbons (Fsp3) is 0.583. The minimum atomic E-state index is 0.179. The Morgan fingerprint density at radius 2 is 2.44 bits per heavy atom. The fourth-order valence-electron chi connectivity index (χ4n) is 1.98. The first-order valence-corrected chi connectivity index (χ1v) is 5.74. The molecule has 4 nitrogen and oxygen atoms in total. The van der Waals surface area contributed by atoms with Crippen molar-refractivity contribution >= 4 is 0 Å². The molecule has 0 aromatic carbocycles. The molecule has 0 amide bonds. The summed E-state index contributed by atoms with van der Waals surface area (Å²) >= 11 is 0. The predicted octanol–water partition coefficient (Wildman–Crippen LogP) is 0.550. The first-order chi connectivity index (χ1) is 7.78. The number of nitrogens with zero attached hydrogens (tertiary/aromatic N) is 2. The van der Waals surface area contributed by atoms with Crippen molar-refractivity contribution in [3.05, 3.63) is 29.6 Å². The summed E-state index contributed by atoms with van der Waals surface area (Å²) in [5.41, 5.74) is 7.81. The number of nitrogens with two attached hydrogens (primary N) is 1. The number of morpholine rings is 1. The second-order valence-electron chi connectivity index (χ2n) is 4.23. The maximum atomic E-state index is 5.62. The SMILES string of the molecule is Cc1cccc(CN2CCOC(CN)C2)n1. The molecule has 2 N–H and O–H groups in total. The first-order valence-electron chi connectivity index (χ1n) is 5.74. The quantitative estimate of drug-likeness (QED) is 0.810. The minimum Gasteiger partial charge on any atom is -0.374 e. The van der Waals surface area contributed by atoms with Crippen molar-refractivity contribution in [3.8, 4) is 0 Å². The molecule has 1 fully saturated rings. The van der Waals surface area contributed by atoms with E-state index in [1.807, 2.05) is 13.0 Å². The molecule has 1 unspecified atom stereocenters. The molecule has 1 saturated heterocycles. The molecule has 1 aliphatic rings. The lowest BCUT2D eigenvalue weighted by atomic mass is 10.2. The molecule has 1 aliphatic heterocycles. The van der Waals surface area contributed by atoms with Crippen LogP contribution in [0.1, 0.15) is 11.4 Å². The summed E-state index contributed by atoms with van der Waals surface area (Å²) in [4.78, 5) is 6.85. The van der Waals surface area contributed by atoms with Crippen molar-refractivity contribution in [1.29, 1.82) is 0 Å². The summed E-state index contributed by atoms with van der Waals surface area (Å²) in [6.45, 7) is 6.15. The normalized spacial score (nSPS) is 22.2. The summed E-state index contributed by atoms with van der Waals surface area (Å²) in [5, 5.41) is 0. The van der Waals surface area contributed by atoms with Crippen LogP contribution < -0.4 is 5.73 Å². The lowest BCUT2D eigenvalue weighted by molar-refractivity contribution is -0.0264. The van der Waals surface area contributed by atoms with E-state index in [4.69, 9.17) is 10.5 Å². The lowest BCUT2D eigenvalue weighted by Crippen LogP contribution is -2.45. The van der Waals surface area contributed by atoms with Gasteiger partial charge in [0.25, 0.3) is 0 Å². The van der Waals surface area contributed by atoms with Crippen molar-refractivity contribution < 1.29 is 4.74 Å². The van der Waals surface area contributed by atoms with Crippen LogP contribution in [0.3, 0.4) is 0 Å². The average molecular weight is 221 g/mol. The third-order valence-corrected chi connectivity index (χ3v) is 2.82. The topological polar surface area (TPSA) is 51.4 Å². The zero-order valence-electron chi connectivity index (χ0n) is 9.72. The van der Waals surface area contributed by atoms with Gasteiger partial charge in [-0.15, -0.1) is 0 Å². The van der Waals surface area contributed by atoms with Gasteiger partial charge in [0.1, 0.15) is 0 Å². The Kier molecular flexibility index (Phi) is 3.88. The highest BCUT2D eigenvalue weighted by Gasteiger charge is 2.19. The van der Waals surface area contributed by atoms with E-state index in [1.165, 1.54) is 0 Å². The molecule has 1 aromatic rings. The van der Waals surface area contributed by atoms with Gasteiger partial charge in [-0.2, -0.15) is 0 Å². The summed E-state index contributed by atoms with van der Waals surface area (Å²) in [7, 11) is 0. The Morgan fingerprint density at radius 1 is 1.56 bits per heavy atom. The largest absolute Gasteiger partial charge is 0.374 e. The maximum Gasteiger partial charge on any atom is 0.0824 e. The van der Waals surface area contributed by atoms with Crippen LogP contribution in [0, 0.1) is 6.92 Å². The van der Waals surface area contributed by atoms with Crippen LogP contribution in [-0.2, 0) is 11.3 Å². The van der Waals surface area contributed by atoms with Crippen LogP contribution in [0.2, 0.25) is 0 Å². The summed E-state index contributed by atoms with van der Waals surface area (Å²) in [6, 6.07) is 6.14. The Hall–Kier alpha value is -0.970. The van der Waals surface area contributed by atoms with Gasteiger partial charge in [0.2, 0.25) is 0 Å². The molecule has 88 valence electrons. The molecular weight excluding hydrogens is 202 g/mol. The Bertz CT molecular complexity index is 343. The lowest BCUT2D eigenvalue weighted by Gasteiger charge is -2.32. The van der Waals surface area contributed by atoms with Crippen molar-refractivity contribution in [2.75, 3.05) is 26.2 Å². The van der Waals surface area contributed by atoms with Crippen molar-refractivity contribution in [2.45, 2.75) is 19.6 Å². The van der Waals surface area contributed by atoms with E-state index < -0.39 is 0 Å². The first kappa shape index (κ1) is 11.5.